The first-order valence-electron chi connectivity index (χ1n) is 4.48. The summed E-state index contributed by atoms with van der Waals surface area (Å²) in [5.41, 5.74) is 11.1. The Morgan fingerprint density at radius 3 is 2.75 bits per heavy atom. The van der Waals surface area contributed by atoms with Crippen molar-refractivity contribution in [1.82, 2.24) is 9.78 Å². The molecular formula is C10H9FN4O. The molecule has 2 rings (SSSR count). The molecule has 0 aliphatic heterocycles. The van der Waals surface area contributed by atoms with E-state index in [-0.39, 0.29) is 11.3 Å². The number of carbonyl (C=O) groups is 1. The number of hydrogen-bond acceptors (Lipinski definition) is 3. The van der Waals surface area contributed by atoms with E-state index in [0.29, 0.717) is 5.69 Å². The van der Waals surface area contributed by atoms with Crippen molar-refractivity contribution in [2.45, 2.75) is 0 Å². The zero-order valence-corrected chi connectivity index (χ0v) is 8.22. The second-order valence-electron chi connectivity index (χ2n) is 3.22. The first kappa shape index (κ1) is 10.2. The lowest BCUT2D eigenvalue weighted by molar-refractivity contribution is 0.0996. The van der Waals surface area contributed by atoms with Crippen molar-refractivity contribution in [1.29, 1.82) is 0 Å². The third-order valence-corrected chi connectivity index (χ3v) is 2.09. The van der Waals surface area contributed by atoms with Crippen LogP contribution in [0.5, 0.6) is 0 Å². The van der Waals surface area contributed by atoms with Crippen molar-refractivity contribution in [3.05, 3.63) is 42.0 Å². The molecule has 82 valence electrons. The fraction of sp³-hybridized carbons (Fsp3) is 0. The minimum absolute atomic E-state index is 0.203. The number of primary amides is 1. The Labute approximate surface area is 90.5 Å². The maximum absolute atomic E-state index is 13.4. The predicted octanol–water partition coefficient (Wildman–Crippen LogP) is 0.693. The molecule has 0 spiro atoms. The lowest BCUT2D eigenvalue weighted by atomic mass is 10.1. The predicted molar refractivity (Wildman–Crippen MR) is 56.5 cm³/mol. The van der Waals surface area contributed by atoms with Gasteiger partial charge in [-0.2, -0.15) is 5.10 Å². The highest BCUT2D eigenvalue weighted by molar-refractivity contribution is 5.96. The van der Waals surface area contributed by atoms with Crippen LogP contribution < -0.4 is 11.5 Å². The van der Waals surface area contributed by atoms with Gasteiger partial charge in [0.15, 0.2) is 0 Å². The standard InChI is InChI=1S/C10H9FN4O/c11-7-2-1-3-8(9(7)10(13)16)15-5-6(12)4-14-15/h1-5H,12H2,(H2,13,16). The quantitative estimate of drug-likeness (QED) is 0.780. The number of halogens is 1. The van der Waals surface area contributed by atoms with Gasteiger partial charge in [0.1, 0.15) is 11.4 Å². The molecule has 1 aromatic heterocycles. The molecule has 1 heterocycles. The maximum atomic E-state index is 13.4. The van der Waals surface area contributed by atoms with Crippen LogP contribution in [0.3, 0.4) is 0 Å². The summed E-state index contributed by atoms with van der Waals surface area (Å²) in [5, 5.41) is 3.89. The first-order valence-corrected chi connectivity index (χ1v) is 4.48. The van der Waals surface area contributed by atoms with Gasteiger partial charge < -0.3 is 11.5 Å². The largest absolute Gasteiger partial charge is 0.396 e. The van der Waals surface area contributed by atoms with Crippen molar-refractivity contribution >= 4 is 11.6 Å². The zero-order chi connectivity index (χ0) is 11.7. The Balaban J connectivity index is 2.65. The van der Waals surface area contributed by atoms with Gasteiger partial charge >= 0.3 is 0 Å². The van der Waals surface area contributed by atoms with Crippen molar-refractivity contribution in [3.8, 4) is 5.69 Å². The van der Waals surface area contributed by atoms with Crippen LogP contribution >= 0.6 is 0 Å². The van der Waals surface area contributed by atoms with Crippen molar-refractivity contribution < 1.29 is 9.18 Å². The maximum Gasteiger partial charge on any atom is 0.253 e. The average Bonchev–Trinajstić information content (AvgIpc) is 2.63. The van der Waals surface area contributed by atoms with Crippen molar-refractivity contribution in [2.75, 3.05) is 5.73 Å². The molecule has 0 saturated heterocycles. The number of nitrogens with zero attached hydrogens (tertiary/aromatic N) is 2. The van der Waals surface area contributed by atoms with Gasteiger partial charge in [-0.05, 0) is 12.1 Å². The molecule has 4 N–H and O–H groups in total. The fourth-order valence-corrected chi connectivity index (χ4v) is 1.42. The number of benzene rings is 1. The Morgan fingerprint density at radius 1 is 1.44 bits per heavy atom. The van der Waals surface area contributed by atoms with Crippen LogP contribution in [0, 0.1) is 5.82 Å². The van der Waals surface area contributed by atoms with Crippen LogP contribution in [0.4, 0.5) is 10.1 Å². The van der Waals surface area contributed by atoms with Gasteiger partial charge in [-0.3, -0.25) is 4.79 Å². The number of carbonyl (C=O) groups excluding carboxylic acids is 1. The van der Waals surface area contributed by atoms with E-state index in [2.05, 4.69) is 5.10 Å². The summed E-state index contributed by atoms with van der Waals surface area (Å²) in [7, 11) is 0. The monoisotopic (exact) mass is 220 g/mol. The molecule has 0 atom stereocenters. The van der Waals surface area contributed by atoms with Gasteiger partial charge in [-0.15, -0.1) is 0 Å². The third-order valence-electron chi connectivity index (χ3n) is 2.09. The molecule has 1 aromatic carbocycles. The van der Waals surface area contributed by atoms with Crippen LogP contribution in [-0.2, 0) is 0 Å². The number of aromatic nitrogens is 2. The molecule has 5 nitrogen and oxygen atoms in total. The molecule has 6 heteroatoms. The van der Waals surface area contributed by atoms with E-state index >= 15 is 0 Å². The molecule has 0 unspecified atom stereocenters. The molecule has 0 fully saturated rings. The lowest BCUT2D eigenvalue weighted by Gasteiger charge is -2.06. The Hall–Kier alpha value is -2.37. The van der Waals surface area contributed by atoms with E-state index in [1.54, 1.807) is 0 Å². The number of nitrogen functional groups attached to an aromatic ring is 1. The smallest absolute Gasteiger partial charge is 0.253 e. The molecule has 0 aliphatic rings. The molecule has 0 aliphatic carbocycles. The summed E-state index contributed by atoms with van der Waals surface area (Å²) in [6.45, 7) is 0. The topological polar surface area (TPSA) is 86.9 Å². The molecule has 16 heavy (non-hydrogen) atoms. The molecule has 0 bridgehead atoms. The summed E-state index contributed by atoms with van der Waals surface area (Å²) in [6, 6.07) is 4.17. The lowest BCUT2D eigenvalue weighted by Crippen LogP contribution is -2.17. The number of anilines is 1. The molecule has 1 amide bonds. The van der Waals surface area contributed by atoms with E-state index < -0.39 is 11.7 Å². The SMILES string of the molecule is NC(=O)c1c(F)cccc1-n1cc(N)cn1. The van der Waals surface area contributed by atoms with E-state index in [1.165, 1.54) is 29.2 Å². The van der Waals surface area contributed by atoms with Gasteiger partial charge in [-0.25, -0.2) is 9.07 Å². The van der Waals surface area contributed by atoms with Crippen LogP contribution in [0.1, 0.15) is 10.4 Å². The molecular weight excluding hydrogens is 211 g/mol. The Morgan fingerprint density at radius 2 is 2.19 bits per heavy atom. The number of nitrogens with two attached hydrogens (primary N) is 2. The summed E-state index contributed by atoms with van der Waals surface area (Å²) in [6.07, 6.45) is 2.87. The first-order chi connectivity index (χ1) is 7.59. The Bertz CT molecular complexity index is 550. The minimum Gasteiger partial charge on any atom is -0.396 e. The van der Waals surface area contributed by atoms with Crippen LogP contribution in [0.2, 0.25) is 0 Å². The van der Waals surface area contributed by atoms with E-state index in [1.807, 2.05) is 0 Å². The van der Waals surface area contributed by atoms with Gasteiger partial charge in [0.25, 0.3) is 5.91 Å². The number of hydrogen-bond donors (Lipinski definition) is 2. The van der Waals surface area contributed by atoms with E-state index in [4.69, 9.17) is 11.5 Å². The van der Waals surface area contributed by atoms with Gasteiger partial charge in [-0.1, -0.05) is 6.07 Å². The fourth-order valence-electron chi connectivity index (χ4n) is 1.42. The van der Waals surface area contributed by atoms with Crippen molar-refractivity contribution in [2.24, 2.45) is 5.73 Å². The van der Waals surface area contributed by atoms with E-state index in [9.17, 15) is 9.18 Å². The summed E-state index contributed by atoms with van der Waals surface area (Å²) in [5.74, 6) is -1.53. The summed E-state index contributed by atoms with van der Waals surface area (Å²) in [4.78, 5) is 11.1. The summed E-state index contributed by atoms with van der Waals surface area (Å²) >= 11 is 0. The average molecular weight is 220 g/mol. The minimum atomic E-state index is -0.845. The zero-order valence-electron chi connectivity index (χ0n) is 8.22. The molecule has 2 aromatic rings. The highest BCUT2D eigenvalue weighted by Gasteiger charge is 2.15. The summed E-state index contributed by atoms with van der Waals surface area (Å²) < 4.78 is 14.7. The second-order valence-corrected chi connectivity index (χ2v) is 3.22. The van der Waals surface area contributed by atoms with Crippen molar-refractivity contribution in [3.63, 3.8) is 0 Å². The normalized spacial score (nSPS) is 10.3. The third kappa shape index (κ3) is 1.60. The molecule has 0 radical (unpaired) electrons. The highest BCUT2D eigenvalue weighted by atomic mass is 19.1. The van der Waals surface area contributed by atoms with Crippen LogP contribution in [0.15, 0.2) is 30.6 Å². The van der Waals surface area contributed by atoms with Gasteiger partial charge in [0, 0.05) is 0 Å². The van der Waals surface area contributed by atoms with Crippen LogP contribution in [0.25, 0.3) is 5.69 Å². The van der Waals surface area contributed by atoms with Gasteiger partial charge in [0.2, 0.25) is 0 Å². The molecule has 0 saturated carbocycles. The van der Waals surface area contributed by atoms with Gasteiger partial charge in [0.05, 0.1) is 23.8 Å². The van der Waals surface area contributed by atoms with E-state index in [0.717, 1.165) is 6.07 Å². The Kier molecular flexibility index (Phi) is 2.32. The highest BCUT2D eigenvalue weighted by Crippen LogP contribution is 2.17. The number of rotatable bonds is 2. The second kappa shape index (κ2) is 3.65. The van der Waals surface area contributed by atoms with Crippen LogP contribution in [-0.4, -0.2) is 15.7 Å². The number of amides is 1.